The van der Waals surface area contributed by atoms with E-state index in [4.69, 9.17) is 4.74 Å². The molecule has 7 nitrogen and oxygen atoms in total. The molecule has 0 saturated heterocycles. The Balaban J connectivity index is 1.71. The molecule has 1 aromatic carbocycles. The van der Waals surface area contributed by atoms with E-state index >= 15 is 0 Å². The number of ether oxygens (including phenoxy) is 1. The number of amides is 1. The van der Waals surface area contributed by atoms with E-state index in [-0.39, 0.29) is 5.69 Å². The van der Waals surface area contributed by atoms with Gasteiger partial charge in [-0.1, -0.05) is 25.1 Å². The summed E-state index contributed by atoms with van der Waals surface area (Å²) in [6.07, 6.45) is 0.722. The maximum absolute atomic E-state index is 12.4. The quantitative estimate of drug-likeness (QED) is 0.711. The van der Waals surface area contributed by atoms with E-state index < -0.39 is 18.0 Å². The van der Waals surface area contributed by atoms with E-state index in [1.165, 1.54) is 6.20 Å². The number of nitrogens with zero attached hydrogens (tertiary/aromatic N) is 3. The minimum absolute atomic E-state index is 0.0589. The zero-order valence-corrected chi connectivity index (χ0v) is 14.5. The zero-order valence-electron chi connectivity index (χ0n) is 14.5. The summed E-state index contributed by atoms with van der Waals surface area (Å²) in [5.74, 6) is -0.717. The van der Waals surface area contributed by atoms with Crippen LogP contribution in [0.4, 0.5) is 5.82 Å². The molecule has 1 unspecified atom stereocenters. The Hall–Kier alpha value is -3.35. The molecule has 2 heterocycles. The summed E-state index contributed by atoms with van der Waals surface area (Å²) in [6.45, 7) is 3.58. The van der Waals surface area contributed by atoms with Gasteiger partial charge in [0.25, 0.3) is 5.91 Å². The highest BCUT2D eigenvalue weighted by molar-refractivity contribution is 5.96. The molecule has 0 spiro atoms. The van der Waals surface area contributed by atoms with Gasteiger partial charge in [-0.25, -0.2) is 14.8 Å². The van der Waals surface area contributed by atoms with Gasteiger partial charge in [-0.05, 0) is 37.6 Å². The van der Waals surface area contributed by atoms with Gasteiger partial charge < -0.3 is 10.1 Å². The lowest BCUT2D eigenvalue weighted by Gasteiger charge is -2.15. The highest BCUT2D eigenvalue weighted by atomic mass is 16.5. The smallest absolute Gasteiger partial charge is 0.359 e. The van der Waals surface area contributed by atoms with Crippen LogP contribution in [0.2, 0.25) is 0 Å². The van der Waals surface area contributed by atoms with Crippen LogP contribution >= 0.6 is 0 Å². The minimum Gasteiger partial charge on any atom is -0.447 e. The van der Waals surface area contributed by atoms with Gasteiger partial charge in [-0.2, -0.15) is 0 Å². The zero-order chi connectivity index (χ0) is 18.5. The highest BCUT2D eigenvalue weighted by Crippen LogP contribution is 2.12. The average molecular weight is 350 g/mol. The number of rotatable bonds is 5. The molecule has 2 aromatic heterocycles. The Morgan fingerprint density at radius 1 is 1.08 bits per heavy atom. The number of hydrogen-bond donors (Lipinski definition) is 1. The molecule has 1 N–H and O–H groups in total. The van der Waals surface area contributed by atoms with Crippen molar-refractivity contribution in [2.45, 2.75) is 26.4 Å². The fourth-order valence-electron chi connectivity index (χ4n) is 2.39. The van der Waals surface area contributed by atoms with Crippen molar-refractivity contribution in [3.05, 3.63) is 60.0 Å². The molecule has 0 aliphatic heterocycles. The van der Waals surface area contributed by atoms with E-state index in [1.807, 2.05) is 25.1 Å². The molecule has 1 atom stereocenters. The molecule has 0 aliphatic carbocycles. The lowest BCUT2D eigenvalue weighted by molar-refractivity contribution is -0.124. The van der Waals surface area contributed by atoms with Gasteiger partial charge in [0.2, 0.25) is 0 Å². The number of anilines is 1. The summed E-state index contributed by atoms with van der Waals surface area (Å²) in [6, 6.07) is 12.5. The molecular weight excluding hydrogens is 332 g/mol. The van der Waals surface area contributed by atoms with Crippen LogP contribution in [0.15, 0.2) is 48.7 Å². The molecule has 0 aliphatic rings. The minimum atomic E-state index is -0.946. The fourth-order valence-corrected chi connectivity index (χ4v) is 2.39. The monoisotopic (exact) mass is 350 g/mol. The van der Waals surface area contributed by atoms with Crippen LogP contribution in [0, 0.1) is 6.92 Å². The third kappa shape index (κ3) is 4.00. The third-order valence-electron chi connectivity index (χ3n) is 3.71. The molecule has 0 saturated carbocycles. The lowest BCUT2D eigenvalue weighted by atomic mass is 10.2. The van der Waals surface area contributed by atoms with Gasteiger partial charge in [0.15, 0.2) is 11.8 Å². The predicted molar refractivity (Wildman–Crippen MR) is 96.6 cm³/mol. The number of fused-ring (bicyclic) bond motifs is 1. The highest BCUT2D eigenvalue weighted by Gasteiger charge is 2.23. The van der Waals surface area contributed by atoms with E-state index in [9.17, 15) is 9.59 Å². The van der Waals surface area contributed by atoms with Crippen molar-refractivity contribution in [1.82, 2.24) is 15.0 Å². The first-order valence-electron chi connectivity index (χ1n) is 8.24. The number of carbonyl (C=O) groups is 2. The number of carbonyl (C=O) groups excluding carboxylic acids is 2. The first-order chi connectivity index (χ1) is 12.6. The van der Waals surface area contributed by atoms with Crippen molar-refractivity contribution in [2.24, 2.45) is 0 Å². The Morgan fingerprint density at radius 2 is 1.85 bits per heavy atom. The van der Waals surface area contributed by atoms with Gasteiger partial charge in [-0.15, -0.1) is 0 Å². The molecule has 1 amide bonds. The number of esters is 1. The summed E-state index contributed by atoms with van der Waals surface area (Å²) < 4.78 is 5.32. The van der Waals surface area contributed by atoms with Crippen molar-refractivity contribution in [3.63, 3.8) is 0 Å². The summed E-state index contributed by atoms with van der Waals surface area (Å²) in [4.78, 5) is 37.3. The van der Waals surface area contributed by atoms with Gasteiger partial charge >= 0.3 is 5.97 Å². The normalized spacial score (nSPS) is 11.8. The SMILES string of the molecule is CCC(OC(=O)c1cnc2ccccc2n1)C(=O)Nc1cccc(C)n1. The van der Waals surface area contributed by atoms with Crippen LogP contribution in [0.5, 0.6) is 0 Å². The van der Waals surface area contributed by atoms with Crippen molar-refractivity contribution >= 4 is 28.7 Å². The molecule has 0 radical (unpaired) electrons. The average Bonchev–Trinajstić information content (AvgIpc) is 2.65. The third-order valence-corrected chi connectivity index (χ3v) is 3.71. The number of pyridine rings is 1. The maximum atomic E-state index is 12.4. The molecule has 3 rings (SSSR count). The van der Waals surface area contributed by atoms with E-state index in [0.717, 1.165) is 5.69 Å². The fraction of sp³-hybridized carbons (Fsp3) is 0.211. The van der Waals surface area contributed by atoms with Crippen molar-refractivity contribution in [2.75, 3.05) is 5.32 Å². The molecule has 0 fully saturated rings. The standard InChI is InChI=1S/C19H18N4O3/c1-3-16(18(24)23-17-10-6-7-12(2)21-17)26-19(25)15-11-20-13-8-4-5-9-14(13)22-15/h4-11,16H,3H2,1-2H3,(H,21,23,24). The van der Waals surface area contributed by atoms with Crippen LogP contribution in [-0.2, 0) is 9.53 Å². The van der Waals surface area contributed by atoms with Crippen LogP contribution in [-0.4, -0.2) is 32.9 Å². The Bertz CT molecular complexity index is 958. The second kappa shape index (κ2) is 7.69. The van der Waals surface area contributed by atoms with Crippen LogP contribution < -0.4 is 5.32 Å². The van der Waals surface area contributed by atoms with Crippen molar-refractivity contribution < 1.29 is 14.3 Å². The maximum Gasteiger partial charge on any atom is 0.359 e. The predicted octanol–water partition coefficient (Wildman–Crippen LogP) is 2.91. The Morgan fingerprint density at radius 3 is 2.58 bits per heavy atom. The van der Waals surface area contributed by atoms with Crippen LogP contribution in [0.25, 0.3) is 11.0 Å². The van der Waals surface area contributed by atoms with Crippen molar-refractivity contribution in [1.29, 1.82) is 0 Å². The molecule has 0 bridgehead atoms. The number of nitrogens with one attached hydrogen (secondary N) is 1. The summed E-state index contributed by atoms with van der Waals surface area (Å²) in [5, 5.41) is 2.66. The Labute approximate surface area is 150 Å². The second-order valence-electron chi connectivity index (χ2n) is 5.70. The number of aromatic nitrogens is 3. The van der Waals surface area contributed by atoms with E-state index in [0.29, 0.717) is 23.3 Å². The number of para-hydroxylation sites is 2. The van der Waals surface area contributed by atoms with E-state index in [2.05, 4.69) is 20.3 Å². The van der Waals surface area contributed by atoms with Gasteiger partial charge in [0, 0.05) is 5.69 Å². The molecule has 132 valence electrons. The van der Waals surface area contributed by atoms with Gasteiger partial charge in [0.05, 0.1) is 17.2 Å². The summed E-state index contributed by atoms with van der Waals surface area (Å²) in [7, 11) is 0. The Kier molecular flexibility index (Phi) is 5.17. The number of benzene rings is 1. The van der Waals surface area contributed by atoms with E-state index in [1.54, 1.807) is 31.2 Å². The van der Waals surface area contributed by atoms with Gasteiger partial charge in [0.1, 0.15) is 5.82 Å². The number of aryl methyl sites for hydroxylation is 1. The number of hydrogen-bond acceptors (Lipinski definition) is 6. The first kappa shape index (κ1) is 17.5. The largest absolute Gasteiger partial charge is 0.447 e. The van der Waals surface area contributed by atoms with Crippen LogP contribution in [0.1, 0.15) is 29.5 Å². The molecule has 26 heavy (non-hydrogen) atoms. The van der Waals surface area contributed by atoms with Crippen LogP contribution in [0.3, 0.4) is 0 Å². The topological polar surface area (TPSA) is 94.1 Å². The summed E-state index contributed by atoms with van der Waals surface area (Å²) >= 11 is 0. The first-order valence-corrected chi connectivity index (χ1v) is 8.24. The molecule has 7 heteroatoms. The molecular formula is C19H18N4O3. The summed E-state index contributed by atoms with van der Waals surface area (Å²) in [5.41, 5.74) is 2.10. The second-order valence-corrected chi connectivity index (χ2v) is 5.70. The molecule has 3 aromatic rings. The van der Waals surface area contributed by atoms with Gasteiger partial charge in [-0.3, -0.25) is 9.78 Å². The lowest BCUT2D eigenvalue weighted by Crippen LogP contribution is -2.32. The van der Waals surface area contributed by atoms with Crippen molar-refractivity contribution in [3.8, 4) is 0 Å².